The van der Waals surface area contributed by atoms with Crippen molar-refractivity contribution in [3.63, 3.8) is 0 Å². The van der Waals surface area contributed by atoms with Crippen LogP contribution in [0.4, 0.5) is 18.9 Å². The minimum absolute atomic E-state index is 0.0361. The molecule has 2 aromatic rings. The van der Waals surface area contributed by atoms with E-state index in [0.29, 0.717) is 5.56 Å². The number of alkyl halides is 3. The Morgan fingerprint density at radius 3 is 2.30 bits per heavy atom. The van der Waals surface area contributed by atoms with E-state index in [-0.39, 0.29) is 15.1 Å². The molecule has 124 valence electrons. The van der Waals surface area contributed by atoms with Crippen LogP contribution in [0.5, 0.6) is 0 Å². The molecule has 23 heavy (non-hydrogen) atoms. The summed E-state index contributed by atoms with van der Waals surface area (Å²) in [5.74, 6) is 0. The largest absolute Gasteiger partial charge is 0.417 e. The number of sulfonamides is 1. The number of rotatable bonds is 3. The van der Waals surface area contributed by atoms with Crippen LogP contribution in [0, 0.1) is 13.8 Å². The zero-order valence-corrected chi connectivity index (χ0v) is 14.6. The van der Waals surface area contributed by atoms with Crippen LogP contribution in [0.1, 0.15) is 16.7 Å². The minimum atomic E-state index is -4.58. The van der Waals surface area contributed by atoms with Gasteiger partial charge in [0.1, 0.15) is 0 Å². The highest BCUT2D eigenvalue weighted by Crippen LogP contribution is 2.36. The van der Waals surface area contributed by atoms with Crippen molar-refractivity contribution >= 4 is 31.6 Å². The third-order valence-electron chi connectivity index (χ3n) is 3.16. The molecule has 8 heteroatoms. The Morgan fingerprint density at radius 1 is 1.04 bits per heavy atom. The van der Waals surface area contributed by atoms with E-state index in [0.717, 1.165) is 17.7 Å². The highest BCUT2D eigenvalue weighted by molar-refractivity contribution is 9.10. The van der Waals surface area contributed by atoms with E-state index in [9.17, 15) is 21.6 Å². The maximum atomic E-state index is 12.9. The number of aryl methyl sites for hydroxylation is 2. The van der Waals surface area contributed by atoms with Gasteiger partial charge >= 0.3 is 6.18 Å². The van der Waals surface area contributed by atoms with Crippen molar-refractivity contribution in [2.24, 2.45) is 0 Å². The fourth-order valence-electron chi connectivity index (χ4n) is 2.01. The Bertz CT molecular complexity index is 848. The highest BCUT2D eigenvalue weighted by atomic mass is 79.9. The van der Waals surface area contributed by atoms with Gasteiger partial charge in [-0.25, -0.2) is 8.42 Å². The molecule has 0 heterocycles. The van der Waals surface area contributed by atoms with Crippen LogP contribution in [-0.4, -0.2) is 8.42 Å². The van der Waals surface area contributed by atoms with Crippen molar-refractivity contribution in [3.8, 4) is 0 Å². The van der Waals surface area contributed by atoms with Crippen molar-refractivity contribution in [1.82, 2.24) is 0 Å². The lowest BCUT2D eigenvalue weighted by Gasteiger charge is -2.14. The quantitative estimate of drug-likeness (QED) is 0.787. The van der Waals surface area contributed by atoms with Gasteiger partial charge in [0.05, 0.1) is 10.5 Å². The lowest BCUT2D eigenvalue weighted by atomic mass is 10.2. The summed E-state index contributed by atoms with van der Waals surface area (Å²) in [7, 11) is -3.97. The predicted octanol–water partition coefficient (Wildman–Crippen LogP) is 4.89. The van der Waals surface area contributed by atoms with E-state index in [4.69, 9.17) is 0 Å². The van der Waals surface area contributed by atoms with Crippen LogP contribution in [0.2, 0.25) is 0 Å². The third-order valence-corrected chi connectivity index (χ3v) is 5.37. The van der Waals surface area contributed by atoms with E-state index >= 15 is 0 Å². The van der Waals surface area contributed by atoms with Gasteiger partial charge in [-0.1, -0.05) is 28.1 Å². The lowest BCUT2D eigenvalue weighted by Crippen LogP contribution is -2.15. The van der Waals surface area contributed by atoms with Gasteiger partial charge in [0, 0.05) is 10.2 Å². The number of hydrogen-bond donors (Lipinski definition) is 1. The van der Waals surface area contributed by atoms with Crippen LogP contribution in [0.3, 0.4) is 0 Å². The SMILES string of the molecule is Cc1ccc(C)c(S(=O)(=O)Nc2ccc(Br)c(C(F)(F)F)c2)c1. The van der Waals surface area contributed by atoms with Crippen LogP contribution in [0.25, 0.3) is 0 Å². The fourth-order valence-corrected chi connectivity index (χ4v) is 3.86. The van der Waals surface area contributed by atoms with E-state index in [1.54, 1.807) is 26.0 Å². The van der Waals surface area contributed by atoms with Crippen LogP contribution >= 0.6 is 15.9 Å². The van der Waals surface area contributed by atoms with Gasteiger partial charge < -0.3 is 0 Å². The van der Waals surface area contributed by atoms with E-state index in [1.165, 1.54) is 12.1 Å². The molecule has 2 rings (SSSR count). The molecule has 0 bridgehead atoms. The first-order valence-electron chi connectivity index (χ1n) is 6.47. The van der Waals surface area contributed by atoms with E-state index < -0.39 is 21.8 Å². The highest BCUT2D eigenvalue weighted by Gasteiger charge is 2.33. The molecular weight excluding hydrogens is 395 g/mol. The predicted molar refractivity (Wildman–Crippen MR) is 85.9 cm³/mol. The Labute approximate surface area is 140 Å². The summed E-state index contributed by atoms with van der Waals surface area (Å²) in [6.45, 7) is 3.36. The second-order valence-electron chi connectivity index (χ2n) is 5.07. The minimum Gasteiger partial charge on any atom is -0.280 e. The van der Waals surface area contributed by atoms with Gasteiger partial charge in [-0.15, -0.1) is 0 Å². The molecule has 0 saturated carbocycles. The fraction of sp³-hybridized carbons (Fsp3) is 0.200. The van der Waals surface area contributed by atoms with Crippen molar-refractivity contribution in [1.29, 1.82) is 0 Å². The number of hydrogen-bond acceptors (Lipinski definition) is 2. The molecule has 0 saturated heterocycles. The van der Waals surface area contributed by atoms with Crippen molar-refractivity contribution in [2.75, 3.05) is 4.72 Å². The topological polar surface area (TPSA) is 46.2 Å². The molecule has 0 aliphatic heterocycles. The first-order valence-corrected chi connectivity index (χ1v) is 8.75. The van der Waals surface area contributed by atoms with Crippen molar-refractivity contribution in [3.05, 3.63) is 57.6 Å². The molecule has 0 aliphatic carbocycles. The second kappa shape index (κ2) is 6.16. The number of nitrogens with one attached hydrogen (secondary N) is 1. The molecule has 0 aromatic heterocycles. The van der Waals surface area contributed by atoms with Crippen molar-refractivity contribution in [2.45, 2.75) is 24.9 Å². The summed E-state index contributed by atoms with van der Waals surface area (Å²) in [5, 5.41) is 0. The summed E-state index contributed by atoms with van der Waals surface area (Å²) in [6.07, 6.45) is -4.58. The summed E-state index contributed by atoms with van der Waals surface area (Å²) in [4.78, 5) is 0.0361. The average molecular weight is 408 g/mol. The molecule has 2 aromatic carbocycles. The molecule has 0 fully saturated rings. The first-order chi connectivity index (χ1) is 10.5. The molecule has 0 radical (unpaired) electrons. The van der Waals surface area contributed by atoms with Gasteiger partial charge in [-0.05, 0) is 49.2 Å². The monoisotopic (exact) mass is 407 g/mol. The maximum Gasteiger partial charge on any atom is 0.417 e. The molecular formula is C15H13BrF3NO2S. The molecule has 0 spiro atoms. The van der Waals surface area contributed by atoms with Gasteiger partial charge in [0.25, 0.3) is 10.0 Å². The number of anilines is 1. The normalized spacial score (nSPS) is 12.3. The summed E-state index contributed by atoms with van der Waals surface area (Å²) < 4.78 is 65.6. The summed E-state index contributed by atoms with van der Waals surface area (Å²) in [5.41, 5.74) is 0.152. The third kappa shape index (κ3) is 4.06. The van der Waals surface area contributed by atoms with Crippen LogP contribution < -0.4 is 4.72 Å². The first kappa shape index (κ1) is 17.8. The second-order valence-corrected chi connectivity index (χ2v) is 7.57. The van der Waals surface area contributed by atoms with Crippen LogP contribution in [-0.2, 0) is 16.2 Å². The molecule has 0 aliphatic rings. The van der Waals surface area contributed by atoms with Crippen LogP contribution in [0.15, 0.2) is 45.8 Å². The Kier molecular flexibility index (Phi) is 4.77. The number of halogens is 4. The zero-order valence-electron chi connectivity index (χ0n) is 12.2. The lowest BCUT2D eigenvalue weighted by molar-refractivity contribution is -0.138. The van der Waals surface area contributed by atoms with Gasteiger partial charge in [0.15, 0.2) is 0 Å². The standard InChI is InChI=1S/C15H13BrF3NO2S/c1-9-3-4-10(2)14(7-9)23(21,22)20-11-5-6-13(16)12(8-11)15(17,18)19/h3-8,20H,1-2H3. The van der Waals surface area contributed by atoms with Gasteiger partial charge in [-0.3, -0.25) is 4.72 Å². The van der Waals surface area contributed by atoms with Gasteiger partial charge in [-0.2, -0.15) is 13.2 Å². The molecule has 0 amide bonds. The van der Waals surface area contributed by atoms with Crippen molar-refractivity contribution < 1.29 is 21.6 Å². The maximum absolute atomic E-state index is 12.9. The zero-order chi connectivity index (χ0) is 17.4. The number of benzene rings is 2. The summed E-state index contributed by atoms with van der Waals surface area (Å²) >= 11 is 2.81. The Morgan fingerprint density at radius 2 is 1.70 bits per heavy atom. The smallest absolute Gasteiger partial charge is 0.280 e. The molecule has 0 atom stereocenters. The molecule has 3 nitrogen and oxygen atoms in total. The average Bonchev–Trinajstić information content (AvgIpc) is 2.42. The van der Waals surface area contributed by atoms with E-state index in [2.05, 4.69) is 20.7 Å². The van der Waals surface area contributed by atoms with E-state index in [1.807, 2.05) is 0 Å². The molecule has 1 N–H and O–H groups in total. The Balaban J connectivity index is 2.44. The van der Waals surface area contributed by atoms with Gasteiger partial charge in [0.2, 0.25) is 0 Å². The Hall–Kier alpha value is -1.54. The molecule has 0 unspecified atom stereocenters. The summed E-state index contributed by atoms with van der Waals surface area (Å²) in [6, 6.07) is 8.06.